The van der Waals surface area contributed by atoms with Gasteiger partial charge in [0, 0.05) is 6.54 Å². The highest BCUT2D eigenvalue weighted by Crippen LogP contribution is 2.28. The van der Waals surface area contributed by atoms with Gasteiger partial charge in [-0.15, -0.1) is 10.2 Å². The number of anilines is 1. The third-order valence-corrected chi connectivity index (χ3v) is 3.75. The van der Waals surface area contributed by atoms with Gasteiger partial charge in [-0.3, -0.25) is 0 Å². The fourth-order valence-corrected chi connectivity index (χ4v) is 3.04. The lowest BCUT2D eigenvalue weighted by Gasteiger charge is -2.25. The van der Waals surface area contributed by atoms with Gasteiger partial charge in [-0.2, -0.15) is 0 Å². The SMILES string of the molecule is CC1=CC(C)CC(CNc2nnc(C)s2)C1. The lowest BCUT2D eigenvalue weighted by atomic mass is 9.84. The molecule has 0 bridgehead atoms. The predicted molar refractivity (Wildman–Crippen MR) is 68.8 cm³/mol. The molecule has 0 radical (unpaired) electrons. The molecule has 4 heteroatoms. The molecule has 0 aliphatic heterocycles. The molecular formula is C12H19N3S. The Morgan fingerprint density at radius 3 is 2.88 bits per heavy atom. The molecule has 2 unspecified atom stereocenters. The first-order chi connectivity index (χ1) is 7.63. The standard InChI is InChI=1S/C12H19N3S/c1-8-4-9(2)6-11(5-8)7-13-12-15-14-10(3)16-12/h4,8,11H,5-7H2,1-3H3,(H,13,15). The smallest absolute Gasteiger partial charge is 0.205 e. The molecule has 1 aliphatic carbocycles. The number of hydrogen-bond acceptors (Lipinski definition) is 4. The van der Waals surface area contributed by atoms with E-state index in [-0.39, 0.29) is 0 Å². The second kappa shape index (κ2) is 4.95. The minimum Gasteiger partial charge on any atom is -0.360 e. The van der Waals surface area contributed by atoms with Gasteiger partial charge in [0.25, 0.3) is 0 Å². The average Bonchev–Trinajstić information content (AvgIpc) is 2.60. The number of nitrogens with one attached hydrogen (secondary N) is 1. The molecule has 1 aromatic heterocycles. The van der Waals surface area contributed by atoms with Crippen LogP contribution in [-0.2, 0) is 0 Å². The van der Waals surface area contributed by atoms with Crippen molar-refractivity contribution in [2.45, 2.75) is 33.6 Å². The van der Waals surface area contributed by atoms with Crippen molar-refractivity contribution in [1.29, 1.82) is 0 Å². The minimum absolute atomic E-state index is 0.719. The van der Waals surface area contributed by atoms with Crippen LogP contribution in [0.5, 0.6) is 0 Å². The Hall–Kier alpha value is -0.900. The van der Waals surface area contributed by atoms with Crippen molar-refractivity contribution in [3.63, 3.8) is 0 Å². The lowest BCUT2D eigenvalue weighted by molar-refractivity contribution is 0.421. The molecule has 0 amide bonds. The van der Waals surface area contributed by atoms with Crippen LogP contribution in [0.2, 0.25) is 0 Å². The van der Waals surface area contributed by atoms with Crippen molar-refractivity contribution >= 4 is 16.5 Å². The van der Waals surface area contributed by atoms with E-state index < -0.39 is 0 Å². The van der Waals surface area contributed by atoms with Gasteiger partial charge < -0.3 is 5.32 Å². The molecule has 0 spiro atoms. The fourth-order valence-electron chi connectivity index (χ4n) is 2.44. The average molecular weight is 237 g/mol. The molecule has 0 saturated carbocycles. The normalized spacial score (nSPS) is 25.3. The van der Waals surface area contributed by atoms with Crippen LogP contribution in [0, 0.1) is 18.8 Å². The minimum atomic E-state index is 0.719. The van der Waals surface area contributed by atoms with Crippen LogP contribution in [0.4, 0.5) is 5.13 Å². The van der Waals surface area contributed by atoms with Crippen molar-refractivity contribution in [2.24, 2.45) is 11.8 Å². The molecular weight excluding hydrogens is 218 g/mol. The molecule has 2 atom stereocenters. The first-order valence-corrected chi connectivity index (χ1v) is 6.66. The summed E-state index contributed by atoms with van der Waals surface area (Å²) in [4.78, 5) is 0. The number of rotatable bonds is 3. The molecule has 1 heterocycles. The highest BCUT2D eigenvalue weighted by Gasteiger charge is 2.18. The van der Waals surface area contributed by atoms with E-state index in [1.165, 1.54) is 18.4 Å². The molecule has 3 nitrogen and oxygen atoms in total. The van der Waals surface area contributed by atoms with E-state index in [2.05, 4.69) is 35.4 Å². The summed E-state index contributed by atoms with van der Waals surface area (Å²) in [6.07, 6.45) is 4.89. The maximum Gasteiger partial charge on any atom is 0.205 e. The second-order valence-corrected chi connectivity index (χ2v) is 5.98. The van der Waals surface area contributed by atoms with E-state index in [4.69, 9.17) is 0 Å². The summed E-state index contributed by atoms with van der Waals surface area (Å²) in [6.45, 7) is 7.53. The molecule has 1 N–H and O–H groups in total. The van der Waals surface area contributed by atoms with Crippen LogP contribution < -0.4 is 5.32 Å². The first kappa shape index (κ1) is 11.6. The molecule has 0 saturated heterocycles. The summed E-state index contributed by atoms with van der Waals surface area (Å²) in [5.74, 6) is 1.46. The fraction of sp³-hybridized carbons (Fsp3) is 0.667. The largest absolute Gasteiger partial charge is 0.360 e. The number of aromatic nitrogens is 2. The van der Waals surface area contributed by atoms with Gasteiger partial charge in [0.15, 0.2) is 0 Å². The van der Waals surface area contributed by atoms with Gasteiger partial charge in [0.2, 0.25) is 5.13 Å². The van der Waals surface area contributed by atoms with Gasteiger partial charge in [-0.25, -0.2) is 0 Å². The maximum absolute atomic E-state index is 4.08. The first-order valence-electron chi connectivity index (χ1n) is 5.84. The lowest BCUT2D eigenvalue weighted by Crippen LogP contribution is -2.20. The van der Waals surface area contributed by atoms with Crippen molar-refractivity contribution in [2.75, 3.05) is 11.9 Å². The summed E-state index contributed by atoms with van der Waals surface area (Å²) in [5.41, 5.74) is 1.53. The zero-order valence-corrected chi connectivity index (χ0v) is 11.0. The molecule has 0 fully saturated rings. The summed E-state index contributed by atoms with van der Waals surface area (Å²) >= 11 is 1.63. The van der Waals surface area contributed by atoms with E-state index in [1.807, 2.05) is 6.92 Å². The highest BCUT2D eigenvalue weighted by molar-refractivity contribution is 7.15. The maximum atomic E-state index is 4.08. The van der Waals surface area contributed by atoms with Gasteiger partial charge in [-0.1, -0.05) is 29.9 Å². The topological polar surface area (TPSA) is 37.8 Å². The Bertz CT molecular complexity index is 383. The Labute approximate surface area is 101 Å². The van der Waals surface area contributed by atoms with Crippen molar-refractivity contribution in [3.05, 3.63) is 16.7 Å². The zero-order chi connectivity index (χ0) is 11.5. The van der Waals surface area contributed by atoms with Crippen LogP contribution in [0.25, 0.3) is 0 Å². The summed E-state index contributed by atoms with van der Waals surface area (Å²) in [7, 11) is 0. The Balaban J connectivity index is 1.85. The quantitative estimate of drug-likeness (QED) is 0.820. The van der Waals surface area contributed by atoms with Gasteiger partial charge >= 0.3 is 0 Å². The molecule has 1 aliphatic rings. The van der Waals surface area contributed by atoms with Crippen molar-refractivity contribution in [1.82, 2.24) is 10.2 Å². The Morgan fingerprint density at radius 1 is 1.44 bits per heavy atom. The monoisotopic (exact) mass is 237 g/mol. The molecule has 2 rings (SSSR count). The molecule has 0 aromatic carbocycles. The van der Waals surface area contributed by atoms with Crippen LogP contribution in [0.1, 0.15) is 31.7 Å². The van der Waals surface area contributed by atoms with E-state index in [0.29, 0.717) is 0 Å². The van der Waals surface area contributed by atoms with E-state index in [9.17, 15) is 0 Å². The molecule has 16 heavy (non-hydrogen) atoms. The van der Waals surface area contributed by atoms with Crippen LogP contribution in [0.3, 0.4) is 0 Å². The third kappa shape index (κ3) is 3.04. The Kier molecular flexibility index (Phi) is 3.59. The van der Waals surface area contributed by atoms with Crippen LogP contribution >= 0.6 is 11.3 Å². The van der Waals surface area contributed by atoms with Gasteiger partial charge in [-0.05, 0) is 38.5 Å². The van der Waals surface area contributed by atoms with Crippen LogP contribution in [-0.4, -0.2) is 16.7 Å². The predicted octanol–water partition coefficient (Wildman–Crippen LogP) is 3.25. The van der Waals surface area contributed by atoms with Crippen molar-refractivity contribution in [3.8, 4) is 0 Å². The van der Waals surface area contributed by atoms with Gasteiger partial charge in [0.05, 0.1) is 0 Å². The van der Waals surface area contributed by atoms with E-state index in [0.717, 1.165) is 28.5 Å². The Morgan fingerprint density at radius 2 is 2.25 bits per heavy atom. The van der Waals surface area contributed by atoms with E-state index in [1.54, 1.807) is 11.3 Å². The summed E-state index contributed by atoms with van der Waals surface area (Å²) in [6, 6.07) is 0. The molecule has 1 aromatic rings. The van der Waals surface area contributed by atoms with Gasteiger partial charge in [0.1, 0.15) is 5.01 Å². The number of aryl methyl sites for hydroxylation is 1. The molecule has 88 valence electrons. The van der Waals surface area contributed by atoms with E-state index >= 15 is 0 Å². The highest BCUT2D eigenvalue weighted by atomic mass is 32.1. The zero-order valence-electron chi connectivity index (χ0n) is 10.2. The number of nitrogens with zero attached hydrogens (tertiary/aromatic N) is 2. The second-order valence-electron chi connectivity index (χ2n) is 4.80. The number of allylic oxidation sites excluding steroid dienone is 2. The summed E-state index contributed by atoms with van der Waals surface area (Å²) in [5, 5.41) is 13.5. The van der Waals surface area contributed by atoms with Crippen molar-refractivity contribution < 1.29 is 0 Å². The van der Waals surface area contributed by atoms with Crippen LogP contribution in [0.15, 0.2) is 11.6 Å². The third-order valence-electron chi connectivity index (χ3n) is 2.95. The summed E-state index contributed by atoms with van der Waals surface area (Å²) < 4.78 is 0. The number of hydrogen-bond donors (Lipinski definition) is 1.